The van der Waals surface area contributed by atoms with E-state index in [1.54, 1.807) is 0 Å². The maximum atomic E-state index is 12.9. The fourth-order valence-corrected chi connectivity index (χ4v) is 2.10. The summed E-state index contributed by atoms with van der Waals surface area (Å²) in [4.78, 5) is 0.615. The first-order valence-electron chi connectivity index (χ1n) is 5.79. The lowest BCUT2D eigenvalue weighted by atomic mass is 10.1. The predicted octanol–water partition coefficient (Wildman–Crippen LogP) is 2.81. The van der Waals surface area contributed by atoms with Crippen LogP contribution < -0.4 is 5.32 Å². The van der Waals surface area contributed by atoms with Gasteiger partial charge in [-0.1, -0.05) is 0 Å². The number of halogens is 2. The average molecular weight is 275 g/mol. The Labute approximate surface area is 111 Å². The average Bonchev–Trinajstić information content (AvgIpc) is 2.27. The highest BCUT2D eigenvalue weighted by Crippen LogP contribution is 2.21. The zero-order valence-electron chi connectivity index (χ0n) is 10.8. The topological polar surface area (TPSA) is 32.3 Å². The van der Waals surface area contributed by atoms with Gasteiger partial charge >= 0.3 is 0 Å². The van der Waals surface area contributed by atoms with Crippen LogP contribution in [-0.4, -0.2) is 29.0 Å². The number of benzene rings is 1. The first-order valence-corrected chi connectivity index (χ1v) is 6.77. The van der Waals surface area contributed by atoms with Gasteiger partial charge in [0.25, 0.3) is 0 Å². The van der Waals surface area contributed by atoms with Crippen molar-refractivity contribution in [1.82, 2.24) is 5.32 Å². The van der Waals surface area contributed by atoms with Crippen molar-refractivity contribution in [1.29, 1.82) is 0 Å². The Bertz CT molecular complexity index is 393. The van der Waals surface area contributed by atoms with Gasteiger partial charge in [0.1, 0.15) is 0 Å². The van der Waals surface area contributed by atoms with Crippen LogP contribution in [0.3, 0.4) is 0 Å². The molecule has 0 radical (unpaired) electrons. The molecule has 2 nitrogen and oxygen atoms in total. The summed E-state index contributed by atoms with van der Waals surface area (Å²) in [7, 11) is 0. The lowest BCUT2D eigenvalue weighted by Gasteiger charge is -2.22. The van der Waals surface area contributed by atoms with Crippen molar-refractivity contribution < 1.29 is 13.9 Å². The van der Waals surface area contributed by atoms with E-state index >= 15 is 0 Å². The van der Waals surface area contributed by atoms with Gasteiger partial charge in [-0.05, 0) is 39.0 Å². The number of hydrogen-bond donors (Lipinski definition) is 2. The molecule has 1 atom stereocenters. The number of β-amino-alcohol motifs (C(OH)–C–C–N with tert-alkyl or cyclic N) is 1. The van der Waals surface area contributed by atoms with E-state index in [4.69, 9.17) is 0 Å². The molecule has 0 aromatic heterocycles. The van der Waals surface area contributed by atoms with Crippen LogP contribution in [0.4, 0.5) is 8.78 Å². The Hall–Kier alpha value is -0.650. The molecule has 0 bridgehead atoms. The zero-order chi connectivity index (χ0) is 13.8. The van der Waals surface area contributed by atoms with Crippen LogP contribution >= 0.6 is 11.8 Å². The summed E-state index contributed by atoms with van der Waals surface area (Å²) in [6.07, 6.45) is -0.526. The Balaban J connectivity index is 2.38. The van der Waals surface area contributed by atoms with Gasteiger partial charge in [-0.25, -0.2) is 8.78 Å². The maximum Gasteiger partial charge on any atom is 0.159 e. The van der Waals surface area contributed by atoms with Crippen molar-refractivity contribution in [3.63, 3.8) is 0 Å². The molecule has 0 saturated carbocycles. The third kappa shape index (κ3) is 5.80. The fourth-order valence-electron chi connectivity index (χ4n) is 1.24. The summed E-state index contributed by atoms with van der Waals surface area (Å²) in [5.41, 5.74) is -0.0480. The highest BCUT2D eigenvalue weighted by molar-refractivity contribution is 7.99. The SMILES string of the molecule is CC(C)(C)NCC(O)CSc1ccc(F)c(F)c1. The molecule has 1 aromatic rings. The molecule has 0 amide bonds. The standard InChI is InChI=1S/C13H19F2NOS/c1-13(2,3)16-7-9(17)8-18-10-4-5-11(14)12(15)6-10/h4-6,9,16-17H,7-8H2,1-3H3. The summed E-state index contributed by atoms with van der Waals surface area (Å²) in [5.74, 6) is -1.27. The Morgan fingerprint density at radius 1 is 1.28 bits per heavy atom. The van der Waals surface area contributed by atoms with Crippen LogP contribution in [-0.2, 0) is 0 Å². The van der Waals surface area contributed by atoms with Crippen molar-refractivity contribution in [3.8, 4) is 0 Å². The molecule has 2 N–H and O–H groups in total. The number of hydrogen-bond acceptors (Lipinski definition) is 3. The van der Waals surface area contributed by atoms with Gasteiger partial charge in [0.05, 0.1) is 6.10 Å². The van der Waals surface area contributed by atoms with E-state index in [2.05, 4.69) is 5.32 Å². The largest absolute Gasteiger partial charge is 0.391 e. The summed E-state index contributed by atoms with van der Waals surface area (Å²) in [5, 5.41) is 12.9. The van der Waals surface area contributed by atoms with Crippen molar-refractivity contribution in [3.05, 3.63) is 29.8 Å². The van der Waals surface area contributed by atoms with Crippen molar-refractivity contribution in [2.45, 2.75) is 37.3 Å². The molecule has 1 aromatic carbocycles. The van der Waals surface area contributed by atoms with Crippen molar-refractivity contribution >= 4 is 11.8 Å². The second-order valence-electron chi connectivity index (χ2n) is 5.17. The minimum absolute atomic E-state index is 0.0480. The van der Waals surface area contributed by atoms with E-state index in [0.717, 1.165) is 12.1 Å². The minimum atomic E-state index is -0.859. The van der Waals surface area contributed by atoms with Gasteiger partial charge in [0.2, 0.25) is 0 Å². The lowest BCUT2D eigenvalue weighted by Crippen LogP contribution is -2.41. The predicted molar refractivity (Wildman–Crippen MR) is 70.8 cm³/mol. The first-order chi connectivity index (χ1) is 8.28. The molecule has 0 fully saturated rings. The highest BCUT2D eigenvalue weighted by Gasteiger charge is 2.12. The summed E-state index contributed by atoms with van der Waals surface area (Å²) in [6, 6.07) is 3.74. The smallest absolute Gasteiger partial charge is 0.159 e. The summed E-state index contributed by atoms with van der Waals surface area (Å²) < 4.78 is 25.7. The van der Waals surface area contributed by atoms with Crippen LogP contribution in [0.1, 0.15) is 20.8 Å². The van der Waals surface area contributed by atoms with E-state index < -0.39 is 17.7 Å². The molecule has 0 aliphatic heterocycles. The van der Waals surface area contributed by atoms with Gasteiger partial charge in [-0.3, -0.25) is 0 Å². The second-order valence-corrected chi connectivity index (χ2v) is 6.27. The quantitative estimate of drug-likeness (QED) is 0.811. The molecule has 0 aliphatic rings. The van der Waals surface area contributed by atoms with Gasteiger partial charge in [-0.15, -0.1) is 11.8 Å². The molecule has 0 saturated heterocycles. The first kappa shape index (κ1) is 15.4. The molecule has 0 aliphatic carbocycles. The van der Waals surface area contributed by atoms with Gasteiger partial charge in [0.15, 0.2) is 11.6 Å². The van der Waals surface area contributed by atoms with Gasteiger partial charge in [0, 0.05) is 22.7 Å². The number of aliphatic hydroxyl groups excluding tert-OH is 1. The molecule has 1 rings (SSSR count). The van der Waals surface area contributed by atoms with E-state index in [1.807, 2.05) is 20.8 Å². The normalized spacial score (nSPS) is 13.7. The van der Waals surface area contributed by atoms with E-state index in [9.17, 15) is 13.9 Å². The maximum absolute atomic E-state index is 12.9. The third-order valence-corrected chi connectivity index (χ3v) is 3.34. The number of nitrogens with one attached hydrogen (secondary N) is 1. The molecule has 0 heterocycles. The Morgan fingerprint density at radius 3 is 2.50 bits per heavy atom. The van der Waals surface area contributed by atoms with E-state index in [1.165, 1.54) is 17.8 Å². The van der Waals surface area contributed by atoms with Crippen LogP contribution in [0, 0.1) is 11.6 Å². The third-order valence-electron chi connectivity index (χ3n) is 2.20. The molecular formula is C13H19F2NOS. The number of thioether (sulfide) groups is 1. The van der Waals surface area contributed by atoms with Gasteiger partial charge < -0.3 is 10.4 Å². The molecular weight excluding hydrogens is 256 g/mol. The van der Waals surface area contributed by atoms with Crippen LogP contribution in [0.15, 0.2) is 23.1 Å². The molecule has 1 unspecified atom stereocenters. The van der Waals surface area contributed by atoms with Gasteiger partial charge in [-0.2, -0.15) is 0 Å². The van der Waals surface area contributed by atoms with E-state index in [-0.39, 0.29) is 5.54 Å². The van der Waals surface area contributed by atoms with Crippen LogP contribution in [0.2, 0.25) is 0 Å². The van der Waals surface area contributed by atoms with Crippen molar-refractivity contribution in [2.24, 2.45) is 0 Å². The van der Waals surface area contributed by atoms with Crippen LogP contribution in [0.5, 0.6) is 0 Å². The molecule has 102 valence electrons. The summed E-state index contributed by atoms with van der Waals surface area (Å²) in [6.45, 7) is 6.52. The Kier molecular flexibility index (Phi) is 5.56. The zero-order valence-corrected chi connectivity index (χ0v) is 11.7. The number of rotatable bonds is 5. The van der Waals surface area contributed by atoms with Crippen molar-refractivity contribution in [2.75, 3.05) is 12.3 Å². The molecule has 5 heteroatoms. The highest BCUT2D eigenvalue weighted by atomic mass is 32.2. The summed E-state index contributed by atoms with van der Waals surface area (Å²) >= 11 is 1.31. The monoisotopic (exact) mass is 275 g/mol. The number of aliphatic hydroxyl groups is 1. The molecule has 18 heavy (non-hydrogen) atoms. The fraction of sp³-hybridized carbons (Fsp3) is 0.538. The lowest BCUT2D eigenvalue weighted by molar-refractivity contribution is 0.183. The minimum Gasteiger partial charge on any atom is -0.391 e. The molecule has 0 spiro atoms. The second kappa shape index (κ2) is 6.50. The Morgan fingerprint density at radius 2 is 1.94 bits per heavy atom. The van der Waals surface area contributed by atoms with Crippen LogP contribution in [0.25, 0.3) is 0 Å². The van der Waals surface area contributed by atoms with E-state index in [0.29, 0.717) is 17.2 Å².